The lowest BCUT2D eigenvalue weighted by Gasteiger charge is -2.26. The third-order valence-electron chi connectivity index (χ3n) is 5.68. The zero-order chi connectivity index (χ0) is 16.9. The highest BCUT2D eigenvalue weighted by Crippen LogP contribution is 2.31. The highest BCUT2D eigenvalue weighted by atomic mass is 19.1. The Morgan fingerprint density at radius 2 is 1.58 bits per heavy atom. The van der Waals surface area contributed by atoms with E-state index in [1.165, 1.54) is 37.7 Å². The summed E-state index contributed by atoms with van der Waals surface area (Å²) in [5.41, 5.74) is 4.11. The van der Waals surface area contributed by atoms with Gasteiger partial charge in [0.05, 0.1) is 0 Å². The van der Waals surface area contributed by atoms with Crippen LogP contribution >= 0.6 is 0 Å². The molecule has 1 heteroatoms. The van der Waals surface area contributed by atoms with E-state index in [1.807, 2.05) is 12.1 Å². The number of hydrogen-bond donors (Lipinski definition) is 0. The summed E-state index contributed by atoms with van der Waals surface area (Å²) in [4.78, 5) is 0. The van der Waals surface area contributed by atoms with Crippen LogP contribution < -0.4 is 0 Å². The molecule has 0 heterocycles. The van der Waals surface area contributed by atoms with Crippen molar-refractivity contribution in [3.8, 4) is 11.1 Å². The highest BCUT2D eigenvalue weighted by Gasteiger charge is 2.17. The van der Waals surface area contributed by atoms with Gasteiger partial charge < -0.3 is 0 Å². The van der Waals surface area contributed by atoms with Gasteiger partial charge in [0.2, 0.25) is 0 Å². The molecule has 0 aliphatic heterocycles. The number of aryl methyl sites for hydroxylation is 2. The first-order valence-corrected chi connectivity index (χ1v) is 9.53. The van der Waals surface area contributed by atoms with Crippen LogP contribution in [0.25, 0.3) is 11.1 Å². The summed E-state index contributed by atoms with van der Waals surface area (Å²) < 4.78 is 14.2. The number of benzene rings is 2. The van der Waals surface area contributed by atoms with Gasteiger partial charge in [0.25, 0.3) is 0 Å². The number of halogens is 1. The third kappa shape index (κ3) is 4.26. The fourth-order valence-corrected chi connectivity index (χ4v) is 3.85. The van der Waals surface area contributed by atoms with Crippen LogP contribution in [-0.2, 0) is 12.8 Å². The molecular formula is C23H29F. The van der Waals surface area contributed by atoms with Crippen LogP contribution in [0.4, 0.5) is 4.39 Å². The summed E-state index contributed by atoms with van der Waals surface area (Å²) in [7, 11) is 0. The Morgan fingerprint density at radius 3 is 2.21 bits per heavy atom. The van der Waals surface area contributed by atoms with E-state index < -0.39 is 0 Å². The molecule has 2 aromatic carbocycles. The Balaban J connectivity index is 1.61. The van der Waals surface area contributed by atoms with Crippen molar-refractivity contribution in [3.05, 3.63) is 59.4 Å². The first kappa shape index (κ1) is 17.2. The van der Waals surface area contributed by atoms with E-state index >= 15 is 0 Å². The van der Waals surface area contributed by atoms with Crippen LogP contribution in [0.2, 0.25) is 0 Å². The number of hydrogen-bond acceptors (Lipinski definition) is 0. The molecule has 0 N–H and O–H groups in total. The lowest BCUT2D eigenvalue weighted by Crippen LogP contribution is -2.12. The molecule has 1 fully saturated rings. The average Bonchev–Trinajstić information content (AvgIpc) is 2.62. The topological polar surface area (TPSA) is 0 Å². The molecule has 1 aliphatic rings. The molecule has 0 aromatic heterocycles. The maximum atomic E-state index is 14.2. The minimum atomic E-state index is -0.113. The minimum absolute atomic E-state index is 0.113. The van der Waals surface area contributed by atoms with E-state index in [0.717, 1.165) is 35.8 Å². The molecule has 0 nitrogen and oxygen atoms in total. The molecule has 0 atom stereocenters. The van der Waals surface area contributed by atoms with Crippen LogP contribution in [0.3, 0.4) is 0 Å². The van der Waals surface area contributed by atoms with Crippen LogP contribution in [0.1, 0.15) is 57.1 Å². The second kappa shape index (κ2) is 7.96. The van der Waals surface area contributed by atoms with Gasteiger partial charge in [-0.05, 0) is 53.9 Å². The van der Waals surface area contributed by atoms with Gasteiger partial charge in [-0.3, -0.25) is 0 Å². The van der Waals surface area contributed by atoms with Crippen molar-refractivity contribution in [2.45, 2.75) is 58.8 Å². The Morgan fingerprint density at radius 1 is 0.917 bits per heavy atom. The second-order valence-electron chi connectivity index (χ2n) is 7.53. The lowest BCUT2D eigenvalue weighted by atomic mass is 9.80. The van der Waals surface area contributed by atoms with Crippen LogP contribution in [0, 0.1) is 17.7 Å². The van der Waals surface area contributed by atoms with Crippen molar-refractivity contribution in [3.63, 3.8) is 0 Å². The van der Waals surface area contributed by atoms with Crippen molar-refractivity contribution in [2.24, 2.45) is 11.8 Å². The SMILES string of the molecule is CCc1ccc(-c2ccc(CCC3CCC(C)CC3)cc2)c(F)c1. The Labute approximate surface area is 146 Å². The maximum Gasteiger partial charge on any atom is 0.131 e. The molecule has 0 radical (unpaired) electrons. The van der Waals surface area contributed by atoms with Gasteiger partial charge in [-0.2, -0.15) is 0 Å². The predicted molar refractivity (Wildman–Crippen MR) is 101 cm³/mol. The fourth-order valence-electron chi connectivity index (χ4n) is 3.85. The second-order valence-corrected chi connectivity index (χ2v) is 7.53. The Bertz CT molecular complexity index is 648. The molecule has 0 amide bonds. The zero-order valence-corrected chi connectivity index (χ0v) is 15.0. The van der Waals surface area contributed by atoms with Crippen LogP contribution in [0.15, 0.2) is 42.5 Å². The van der Waals surface area contributed by atoms with Gasteiger partial charge in [-0.25, -0.2) is 4.39 Å². The molecule has 2 aromatic rings. The van der Waals surface area contributed by atoms with Crippen LogP contribution in [-0.4, -0.2) is 0 Å². The third-order valence-corrected chi connectivity index (χ3v) is 5.68. The predicted octanol–water partition coefficient (Wildman–Crippen LogP) is 6.81. The summed E-state index contributed by atoms with van der Waals surface area (Å²) in [6, 6.07) is 14.1. The molecule has 24 heavy (non-hydrogen) atoms. The molecule has 1 saturated carbocycles. The summed E-state index contributed by atoms with van der Waals surface area (Å²) in [5.74, 6) is 1.72. The van der Waals surface area contributed by atoms with E-state index in [2.05, 4.69) is 38.1 Å². The Kier molecular flexibility index (Phi) is 5.71. The van der Waals surface area contributed by atoms with Gasteiger partial charge in [-0.15, -0.1) is 0 Å². The normalized spacial score (nSPS) is 21.0. The zero-order valence-electron chi connectivity index (χ0n) is 15.0. The van der Waals surface area contributed by atoms with Crippen molar-refractivity contribution in [1.29, 1.82) is 0 Å². The molecule has 128 valence electrons. The lowest BCUT2D eigenvalue weighted by molar-refractivity contribution is 0.278. The van der Waals surface area contributed by atoms with Crippen LogP contribution in [0.5, 0.6) is 0 Å². The molecular weight excluding hydrogens is 295 g/mol. The molecule has 3 rings (SSSR count). The summed E-state index contributed by atoms with van der Waals surface area (Å²) >= 11 is 0. The first-order chi connectivity index (χ1) is 11.7. The van der Waals surface area contributed by atoms with Crippen molar-refractivity contribution in [1.82, 2.24) is 0 Å². The summed E-state index contributed by atoms with van der Waals surface area (Å²) in [6.07, 6.45) is 8.91. The summed E-state index contributed by atoms with van der Waals surface area (Å²) in [5, 5.41) is 0. The van der Waals surface area contributed by atoms with E-state index in [-0.39, 0.29) is 5.82 Å². The van der Waals surface area contributed by atoms with Crippen molar-refractivity contribution >= 4 is 0 Å². The molecule has 0 spiro atoms. The monoisotopic (exact) mass is 324 g/mol. The highest BCUT2D eigenvalue weighted by molar-refractivity contribution is 5.64. The van der Waals surface area contributed by atoms with E-state index in [1.54, 1.807) is 6.07 Å². The molecule has 0 bridgehead atoms. The van der Waals surface area contributed by atoms with Gasteiger partial charge >= 0.3 is 0 Å². The van der Waals surface area contributed by atoms with E-state index in [9.17, 15) is 4.39 Å². The van der Waals surface area contributed by atoms with Gasteiger partial charge in [0.15, 0.2) is 0 Å². The first-order valence-electron chi connectivity index (χ1n) is 9.53. The van der Waals surface area contributed by atoms with Crippen molar-refractivity contribution in [2.75, 3.05) is 0 Å². The van der Waals surface area contributed by atoms with Gasteiger partial charge in [0.1, 0.15) is 5.82 Å². The van der Waals surface area contributed by atoms with E-state index in [4.69, 9.17) is 0 Å². The smallest absolute Gasteiger partial charge is 0.131 e. The fraction of sp³-hybridized carbons (Fsp3) is 0.478. The molecule has 1 aliphatic carbocycles. The standard InChI is InChI=1S/C23H29F/c1-3-18-12-15-22(23(24)16-18)21-13-10-20(11-14-21)9-8-19-6-4-17(2)5-7-19/h10-17,19H,3-9H2,1-2H3. The largest absolute Gasteiger partial charge is 0.206 e. The van der Waals surface area contributed by atoms with Crippen molar-refractivity contribution < 1.29 is 4.39 Å². The van der Waals surface area contributed by atoms with Gasteiger partial charge in [-0.1, -0.05) is 75.9 Å². The molecule has 0 saturated heterocycles. The average molecular weight is 324 g/mol. The van der Waals surface area contributed by atoms with Gasteiger partial charge in [0, 0.05) is 5.56 Å². The minimum Gasteiger partial charge on any atom is -0.206 e. The summed E-state index contributed by atoms with van der Waals surface area (Å²) in [6.45, 7) is 4.43. The Hall–Kier alpha value is -1.63. The quantitative estimate of drug-likeness (QED) is 0.566. The number of rotatable bonds is 5. The molecule has 0 unspecified atom stereocenters. The van der Waals surface area contributed by atoms with E-state index in [0.29, 0.717) is 5.56 Å². The maximum absolute atomic E-state index is 14.2.